The van der Waals surface area contributed by atoms with Crippen molar-refractivity contribution in [3.63, 3.8) is 0 Å². The van der Waals surface area contributed by atoms with E-state index in [4.69, 9.17) is 0 Å². The van der Waals surface area contributed by atoms with Gasteiger partial charge in [-0.15, -0.1) is 0 Å². The first-order valence-corrected chi connectivity index (χ1v) is 10.5. The average Bonchev–Trinajstić information content (AvgIpc) is 3.17. The lowest BCUT2D eigenvalue weighted by molar-refractivity contribution is 0.0953. The van der Waals surface area contributed by atoms with Crippen LogP contribution in [0.25, 0.3) is 0 Å². The Kier molecular flexibility index (Phi) is 9.28. The van der Waals surface area contributed by atoms with Crippen LogP contribution in [-0.2, 0) is 7.05 Å². The third kappa shape index (κ3) is 6.73. The number of Topliss-reactive ketones (excluding diaryl/α,β-unsaturated/α-hetero) is 1. The SMILES string of the molecule is C=CC(C=NCCCCC)=Nc1ncc(C(C)=O)nc1C(=O)Nc1cnn(C)c1C(=O)NC. The van der Waals surface area contributed by atoms with E-state index < -0.39 is 11.8 Å². The van der Waals surface area contributed by atoms with Gasteiger partial charge in [0.1, 0.15) is 11.4 Å². The van der Waals surface area contributed by atoms with Crippen LogP contribution in [0.1, 0.15) is 64.6 Å². The number of carbonyl (C=O) groups is 3. The van der Waals surface area contributed by atoms with Crippen molar-refractivity contribution < 1.29 is 14.4 Å². The normalized spacial score (nSPS) is 11.5. The Hall–Kier alpha value is -4.02. The summed E-state index contributed by atoms with van der Waals surface area (Å²) in [4.78, 5) is 54.0. The minimum absolute atomic E-state index is 0.00481. The van der Waals surface area contributed by atoms with Crippen LogP contribution >= 0.6 is 0 Å². The highest BCUT2D eigenvalue weighted by atomic mass is 16.2. The predicted octanol–water partition coefficient (Wildman–Crippen LogP) is 2.54. The number of hydrogen-bond acceptors (Lipinski definition) is 8. The Bertz CT molecular complexity index is 1100. The molecule has 0 radical (unpaired) electrons. The van der Waals surface area contributed by atoms with E-state index in [0.29, 0.717) is 12.3 Å². The number of rotatable bonds is 11. The molecule has 0 aromatic carbocycles. The summed E-state index contributed by atoms with van der Waals surface area (Å²) in [6, 6.07) is 0. The fraction of sp³-hybridized carbons (Fsp3) is 0.364. The van der Waals surface area contributed by atoms with Crippen molar-refractivity contribution in [3.8, 4) is 0 Å². The molecule has 2 heterocycles. The summed E-state index contributed by atoms with van der Waals surface area (Å²) in [6.07, 6.45) is 8.74. The molecule has 2 N–H and O–H groups in total. The summed E-state index contributed by atoms with van der Waals surface area (Å²) >= 11 is 0. The molecule has 2 aromatic heterocycles. The summed E-state index contributed by atoms with van der Waals surface area (Å²) < 4.78 is 1.33. The van der Waals surface area contributed by atoms with Gasteiger partial charge in [0.15, 0.2) is 17.3 Å². The van der Waals surface area contributed by atoms with Gasteiger partial charge in [0.05, 0.1) is 23.8 Å². The lowest BCUT2D eigenvalue weighted by Gasteiger charge is -2.09. The highest BCUT2D eigenvalue weighted by Gasteiger charge is 2.22. The van der Waals surface area contributed by atoms with E-state index in [-0.39, 0.29) is 34.4 Å². The first kappa shape index (κ1) is 25.2. The molecule has 0 aliphatic heterocycles. The molecule has 0 saturated carbocycles. The Morgan fingerprint density at radius 2 is 1.97 bits per heavy atom. The van der Waals surface area contributed by atoms with Gasteiger partial charge in [-0.2, -0.15) is 5.10 Å². The number of unbranched alkanes of at least 4 members (excludes halogenated alkanes) is 2. The number of carbonyl (C=O) groups excluding carboxylic acids is 3. The lowest BCUT2D eigenvalue weighted by atomic mass is 10.2. The van der Waals surface area contributed by atoms with Crippen LogP contribution in [-0.4, -0.2) is 62.9 Å². The maximum atomic E-state index is 13.1. The maximum Gasteiger partial charge on any atom is 0.278 e. The molecular formula is C22H28N8O3. The molecule has 2 aromatic rings. The van der Waals surface area contributed by atoms with Crippen molar-refractivity contribution in [2.75, 3.05) is 18.9 Å². The van der Waals surface area contributed by atoms with Crippen molar-refractivity contribution in [2.24, 2.45) is 17.0 Å². The molecule has 0 saturated heterocycles. The molecule has 174 valence electrons. The Morgan fingerprint density at radius 3 is 2.61 bits per heavy atom. The summed E-state index contributed by atoms with van der Waals surface area (Å²) in [5.41, 5.74) is 0.530. The number of aliphatic imine (C=N–C) groups is 2. The minimum Gasteiger partial charge on any atom is -0.354 e. The van der Waals surface area contributed by atoms with Crippen LogP contribution in [0, 0.1) is 0 Å². The predicted molar refractivity (Wildman–Crippen MR) is 127 cm³/mol. The Labute approximate surface area is 192 Å². The van der Waals surface area contributed by atoms with Gasteiger partial charge in [0, 0.05) is 33.8 Å². The van der Waals surface area contributed by atoms with E-state index in [1.165, 1.54) is 37.1 Å². The highest BCUT2D eigenvalue weighted by Crippen LogP contribution is 2.19. The van der Waals surface area contributed by atoms with Gasteiger partial charge in [-0.25, -0.2) is 15.0 Å². The number of amides is 2. The molecule has 0 aliphatic rings. The molecule has 0 aliphatic carbocycles. The summed E-state index contributed by atoms with van der Waals surface area (Å²) in [7, 11) is 3.04. The Morgan fingerprint density at radius 1 is 1.21 bits per heavy atom. The average molecular weight is 453 g/mol. The summed E-state index contributed by atoms with van der Waals surface area (Å²) in [5, 5.41) is 9.10. The van der Waals surface area contributed by atoms with Crippen molar-refractivity contribution in [1.29, 1.82) is 0 Å². The summed E-state index contributed by atoms with van der Waals surface area (Å²) in [5.74, 6) is -1.51. The third-order valence-corrected chi connectivity index (χ3v) is 4.52. The van der Waals surface area contributed by atoms with Gasteiger partial charge in [-0.1, -0.05) is 26.3 Å². The molecule has 0 atom stereocenters. The van der Waals surface area contributed by atoms with Gasteiger partial charge in [-0.3, -0.25) is 24.1 Å². The van der Waals surface area contributed by atoms with Crippen LogP contribution in [0.4, 0.5) is 11.5 Å². The lowest BCUT2D eigenvalue weighted by Crippen LogP contribution is -2.24. The Balaban J connectivity index is 2.42. The van der Waals surface area contributed by atoms with Crippen LogP contribution < -0.4 is 10.6 Å². The maximum absolute atomic E-state index is 13.1. The third-order valence-electron chi connectivity index (χ3n) is 4.52. The van der Waals surface area contributed by atoms with Crippen LogP contribution in [0.2, 0.25) is 0 Å². The van der Waals surface area contributed by atoms with Crippen molar-refractivity contribution in [2.45, 2.75) is 33.1 Å². The van der Waals surface area contributed by atoms with Crippen molar-refractivity contribution in [3.05, 3.63) is 42.1 Å². The van der Waals surface area contributed by atoms with Gasteiger partial charge < -0.3 is 10.6 Å². The molecule has 0 bridgehead atoms. The molecule has 11 heteroatoms. The zero-order valence-electron chi connectivity index (χ0n) is 19.3. The quantitative estimate of drug-likeness (QED) is 0.305. The van der Waals surface area contributed by atoms with Gasteiger partial charge in [-0.05, 0) is 12.5 Å². The molecule has 33 heavy (non-hydrogen) atoms. The molecule has 11 nitrogen and oxygen atoms in total. The standard InChI is InChI=1S/C22H28N8O3/c1-6-8-9-10-24-11-15(7-2)27-20-18(28-16(12-25-20)14(3)31)21(32)29-17-13-26-30(5)19(17)22(33)23-4/h7,11-13H,2,6,8-10H2,1,3-5H3,(H,23,33)(H,29,32). The van der Waals surface area contributed by atoms with Gasteiger partial charge in [0.25, 0.3) is 11.8 Å². The molecule has 0 unspecified atom stereocenters. The van der Waals surface area contributed by atoms with E-state index in [1.54, 1.807) is 13.3 Å². The fourth-order valence-electron chi connectivity index (χ4n) is 2.75. The largest absolute Gasteiger partial charge is 0.354 e. The van der Waals surface area contributed by atoms with E-state index in [9.17, 15) is 14.4 Å². The number of nitrogens with one attached hydrogen (secondary N) is 2. The summed E-state index contributed by atoms with van der Waals surface area (Å²) in [6.45, 7) is 7.80. The number of nitrogens with zero attached hydrogens (tertiary/aromatic N) is 6. The van der Waals surface area contributed by atoms with Crippen LogP contribution in [0.3, 0.4) is 0 Å². The van der Waals surface area contributed by atoms with Gasteiger partial charge in [0.2, 0.25) is 0 Å². The fourth-order valence-corrected chi connectivity index (χ4v) is 2.75. The molecular weight excluding hydrogens is 424 g/mol. The monoisotopic (exact) mass is 452 g/mol. The number of hydrogen-bond donors (Lipinski definition) is 2. The van der Waals surface area contributed by atoms with Crippen LogP contribution in [0.5, 0.6) is 0 Å². The highest BCUT2D eigenvalue weighted by molar-refractivity contribution is 6.36. The first-order valence-electron chi connectivity index (χ1n) is 10.5. The zero-order chi connectivity index (χ0) is 24.4. The van der Waals surface area contributed by atoms with Crippen molar-refractivity contribution in [1.82, 2.24) is 25.1 Å². The second kappa shape index (κ2) is 12.1. The van der Waals surface area contributed by atoms with E-state index in [1.807, 2.05) is 0 Å². The number of anilines is 1. The number of ketones is 1. The minimum atomic E-state index is -0.703. The second-order valence-electron chi connectivity index (χ2n) is 7.03. The van der Waals surface area contributed by atoms with E-state index in [2.05, 4.69) is 49.2 Å². The molecule has 0 spiro atoms. The first-order chi connectivity index (χ1) is 15.8. The van der Waals surface area contributed by atoms with Crippen molar-refractivity contribution >= 4 is 41.0 Å². The number of aryl methyl sites for hydroxylation is 1. The van der Waals surface area contributed by atoms with Crippen LogP contribution in [0.15, 0.2) is 35.0 Å². The smallest absolute Gasteiger partial charge is 0.278 e. The molecule has 2 amide bonds. The van der Waals surface area contributed by atoms with E-state index >= 15 is 0 Å². The number of aromatic nitrogens is 4. The van der Waals surface area contributed by atoms with E-state index in [0.717, 1.165) is 19.3 Å². The number of allylic oxidation sites excluding steroid dienone is 1. The topological polar surface area (TPSA) is 144 Å². The second-order valence-corrected chi connectivity index (χ2v) is 7.03. The van der Waals surface area contributed by atoms with Gasteiger partial charge >= 0.3 is 0 Å². The zero-order valence-corrected chi connectivity index (χ0v) is 19.3. The molecule has 2 rings (SSSR count). The molecule has 0 fully saturated rings.